The fourth-order valence-electron chi connectivity index (χ4n) is 2.28. The molecule has 0 aromatic rings. The maximum Gasteiger partial charge on any atom is 0.279 e. The van der Waals surface area contributed by atoms with Crippen LogP contribution in [0.1, 0.15) is 26.2 Å². The molecule has 0 radical (unpaired) electrons. The minimum Gasteiger partial charge on any atom is -0.381 e. The number of rotatable bonds is 4. The highest BCUT2D eigenvalue weighted by Gasteiger charge is 2.27. The molecule has 0 bridgehead atoms. The van der Waals surface area contributed by atoms with E-state index in [1.165, 1.54) is 0 Å². The van der Waals surface area contributed by atoms with Gasteiger partial charge in [-0.25, -0.2) is 4.72 Å². The molecule has 2 fully saturated rings. The predicted octanol–water partition coefficient (Wildman–Crippen LogP) is 0.589. The summed E-state index contributed by atoms with van der Waals surface area (Å²) in [4.78, 5) is 0. The molecule has 2 heterocycles. The van der Waals surface area contributed by atoms with Crippen LogP contribution in [0.4, 0.5) is 0 Å². The van der Waals surface area contributed by atoms with E-state index in [0.29, 0.717) is 38.1 Å². The Bertz CT molecular complexity index is 331. The summed E-state index contributed by atoms with van der Waals surface area (Å²) in [6.45, 7) is 5.42. The summed E-state index contributed by atoms with van der Waals surface area (Å²) in [5.74, 6) is 0.984. The van der Waals surface area contributed by atoms with Crippen LogP contribution in [0, 0.1) is 11.8 Å². The van der Waals surface area contributed by atoms with E-state index in [4.69, 9.17) is 4.74 Å². The summed E-state index contributed by atoms with van der Waals surface area (Å²) in [6, 6.07) is 0. The third kappa shape index (κ3) is 3.64. The number of ether oxygens (including phenoxy) is 1. The van der Waals surface area contributed by atoms with Gasteiger partial charge in [-0.3, -0.25) is 0 Å². The highest BCUT2D eigenvalue weighted by molar-refractivity contribution is 7.87. The largest absolute Gasteiger partial charge is 0.381 e. The SMILES string of the molecule is CC1CCN(S(=O)(=O)NC[C@@H]2CCOC2)CC1. The van der Waals surface area contributed by atoms with E-state index in [1.54, 1.807) is 4.31 Å². The van der Waals surface area contributed by atoms with Gasteiger partial charge in [0.15, 0.2) is 0 Å². The molecule has 0 amide bonds. The summed E-state index contributed by atoms with van der Waals surface area (Å²) in [5.41, 5.74) is 0. The fraction of sp³-hybridized carbons (Fsp3) is 1.00. The van der Waals surface area contributed by atoms with Gasteiger partial charge in [0.05, 0.1) is 6.61 Å². The van der Waals surface area contributed by atoms with Crippen molar-refractivity contribution in [2.45, 2.75) is 26.2 Å². The Hall–Kier alpha value is -0.170. The van der Waals surface area contributed by atoms with Crippen LogP contribution in [-0.4, -0.2) is 45.6 Å². The fourth-order valence-corrected chi connectivity index (χ4v) is 3.60. The Morgan fingerprint density at radius 1 is 1.29 bits per heavy atom. The predicted molar refractivity (Wildman–Crippen MR) is 65.8 cm³/mol. The van der Waals surface area contributed by atoms with E-state index in [0.717, 1.165) is 25.9 Å². The zero-order valence-corrected chi connectivity index (χ0v) is 11.2. The standard InChI is InChI=1S/C11H22N2O3S/c1-10-2-5-13(6-3-10)17(14,15)12-8-11-4-7-16-9-11/h10-12H,2-9H2,1H3/t11-/m0/s1. The van der Waals surface area contributed by atoms with Crippen molar-refractivity contribution in [3.63, 3.8) is 0 Å². The molecule has 0 unspecified atom stereocenters. The molecule has 5 nitrogen and oxygen atoms in total. The molecule has 6 heteroatoms. The molecule has 100 valence electrons. The first-order valence-corrected chi connectivity index (χ1v) is 7.84. The quantitative estimate of drug-likeness (QED) is 0.806. The zero-order valence-electron chi connectivity index (χ0n) is 10.4. The van der Waals surface area contributed by atoms with Crippen molar-refractivity contribution < 1.29 is 13.2 Å². The van der Waals surface area contributed by atoms with Crippen LogP contribution < -0.4 is 4.72 Å². The normalized spacial score (nSPS) is 28.6. The topological polar surface area (TPSA) is 58.6 Å². The van der Waals surface area contributed by atoms with Gasteiger partial charge < -0.3 is 4.74 Å². The Morgan fingerprint density at radius 2 is 2.00 bits per heavy atom. The van der Waals surface area contributed by atoms with Crippen LogP contribution in [0.5, 0.6) is 0 Å². The molecule has 0 saturated carbocycles. The number of nitrogens with one attached hydrogen (secondary N) is 1. The van der Waals surface area contributed by atoms with Gasteiger partial charge in [-0.2, -0.15) is 12.7 Å². The van der Waals surface area contributed by atoms with Crippen molar-refractivity contribution in [3.05, 3.63) is 0 Å². The van der Waals surface area contributed by atoms with Gasteiger partial charge in [0, 0.05) is 26.2 Å². The smallest absolute Gasteiger partial charge is 0.279 e. The summed E-state index contributed by atoms with van der Waals surface area (Å²) in [6.07, 6.45) is 2.89. The van der Waals surface area contributed by atoms with Crippen LogP contribution in [0.15, 0.2) is 0 Å². The van der Waals surface area contributed by atoms with Gasteiger partial charge in [0.1, 0.15) is 0 Å². The van der Waals surface area contributed by atoms with Crippen LogP contribution in [0.3, 0.4) is 0 Å². The molecule has 1 N–H and O–H groups in total. The van der Waals surface area contributed by atoms with Gasteiger partial charge in [0.25, 0.3) is 10.2 Å². The van der Waals surface area contributed by atoms with Gasteiger partial charge in [-0.1, -0.05) is 6.92 Å². The molecule has 1 atom stereocenters. The Balaban J connectivity index is 1.81. The van der Waals surface area contributed by atoms with E-state index in [-0.39, 0.29) is 0 Å². The minimum absolute atomic E-state index is 0.341. The van der Waals surface area contributed by atoms with Crippen LogP contribution in [-0.2, 0) is 14.9 Å². The average Bonchev–Trinajstić information content (AvgIpc) is 2.80. The zero-order chi connectivity index (χ0) is 12.3. The molecular formula is C11H22N2O3S. The summed E-state index contributed by atoms with van der Waals surface area (Å²) < 4.78 is 33.6. The van der Waals surface area contributed by atoms with Crippen LogP contribution in [0.25, 0.3) is 0 Å². The van der Waals surface area contributed by atoms with Crippen molar-refractivity contribution >= 4 is 10.2 Å². The molecule has 2 aliphatic rings. The summed E-state index contributed by atoms with van der Waals surface area (Å²) in [7, 11) is -3.27. The molecule has 0 spiro atoms. The first kappa shape index (κ1) is 13.3. The lowest BCUT2D eigenvalue weighted by Gasteiger charge is -2.29. The van der Waals surface area contributed by atoms with Crippen molar-refractivity contribution in [2.24, 2.45) is 11.8 Å². The number of hydrogen-bond donors (Lipinski definition) is 1. The maximum absolute atomic E-state index is 12.0. The summed E-state index contributed by atoms with van der Waals surface area (Å²) >= 11 is 0. The van der Waals surface area contributed by atoms with E-state index in [9.17, 15) is 8.42 Å². The number of hydrogen-bond acceptors (Lipinski definition) is 3. The first-order chi connectivity index (χ1) is 8.08. The van der Waals surface area contributed by atoms with Gasteiger partial charge >= 0.3 is 0 Å². The van der Waals surface area contributed by atoms with Gasteiger partial charge in [-0.05, 0) is 31.1 Å². The number of nitrogens with zero attached hydrogens (tertiary/aromatic N) is 1. The molecule has 0 aromatic heterocycles. The van der Waals surface area contributed by atoms with E-state index in [2.05, 4.69) is 11.6 Å². The Morgan fingerprint density at radius 3 is 2.59 bits per heavy atom. The summed E-state index contributed by atoms with van der Waals surface area (Å²) in [5, 5.41) is 0. The Labute approximate surface area is 104 Å². The third-order valence-corrected chi connectivity index (χ3v) is 5.24. The molecule has 2 aliphatic heterocycles. The van der Waals surface area contributed by atoms with Crippen LogP contribution >= 0.6 is 0 Å². The average molecular weight is 262 g/mol. The van der Waals surface area contributed by atoms with E-state index >= 15 is 0 Å². The monoisotopic (exact) mass is 262 g/mol. The highest BCUT2D eigenvalue weighted by Crippen LogP contribution is 2.18. The highest BCUT2D eigenvalue weighted by atomic mass is 32.2. The van der Waals surface area contributed by atoms with Crippen molar-refractivity contribution in [1.29, 1.82) is 0 Å². The number of piperidine rings is 1. The molecule has 2 rings (SSSR count). The molecule has 0 aromatic carbocycles. The maximum atomic E-state index is 12.0. The third-order valence-electron chi connectivity index (χ3n) is 3.66. The second kappa shape index (κ2) is 5.65. The van der Waals surface area contributed by atoms with E-state index in [1.807, 2.05) is 0 Å². The van der Waals surface area contributed by atoms with Crippen LogP contribution in [0.2, 0.25) is 0 Å². The van der Waals surface area contributed by atoms with Crippen molar-refractivity contribution in [2.75, 3.05) is 32.8 Å². The van der Waals surface area contributed by atoms with E-state index < -0.39 is 10.2 Å². The second-order valence-corrected chi connectivity index (χ2v) is 6.92. The van der Waals surface area contributed by atoms with Gasteiger partial charge in [0.2, 0.25) is 0 Å². The molecule has 17 heavy (non-hydrogen) atoms. The van der Waals surface area contributed by atoms with Gasteiger partial charge in [-0.15, -0.1) is 0 Å². The molecule has 2 saturated heterocycles. The molecular weight excluding hydrogens is 240 g/mol. The lowest BCUT2D eigenvalue weighted by molar-refractivity contribution is 0.186. The second-order valence-electron chi connectivity index (χ2n) is 5.16. The lowest BCUT2D eigenvalue weighted by atomic mass is 10.0. The Kier molecular flexibility index (Phi) is 4.41. The molecule has 0 aliphatic carbocycles. The lowest BCUT2D eigenvalue weighted by Crippen LogP contribution is -2.45. The first-order valence-electron chi connectivity index (χ1n) is 6.40. The minimum atomic E-state index is -3.27. The van der Waals surface area contributed by atoms with Crippen molar-refractivity contribution in [1.82, 2.24) is 9.03 Å². The van der Waals surface area contributed by atoms with Crippen molar-refractivity contribution in [3.8, 4) is 0 Å².